The highest BCUT2D eigenvalue weighted by molar-refractivity contribution is 5.80. The lowest BCUT2D eigenvalue weighted by atomic mass is 9.99. The Hall–Kier alpha value is -1.11. The summed E-state index contributed by atoms with van der Waals surface area (Å²) in [6.45, 7) is 5.95. The number of hydrogen-bond acceptors (Lipinski definition) is 9. The second kappa shape index (κ2) is 37.6. The first-order valence-corrected chi connectivity index (χ1v) is 24.4. The number of aliphatic hydroxyl groups excluding tert-OH is 6. The van der Waals surface area contributed by atoms with Gasteiger partial charge in [0.05, 0.1) is 25.4 Å². The molecule has 7 N–H and O–H groups in total. The zero-order valence-corrected chi connectivity index (χ0v) is 37.6. The molecule has 1 unspecified atom stereocenters. The normalized spacial score (nSPS) is 22.0. The molecule has 344 valence electrons. The lowest BCUT2D eigenvalue weighted by molar-refractivity contribution is -0.302. The summed E-state index contributed by atoms with van der Waals surface area (Å²) < 4.78 is 11.1. The third-order valence-corrected chi connectivity index (χ3v) is 12.3. The number of unbranched alkanes of at least 4 members (excludes halogenated alkanes) is 26. The van der Waals surface area contributed by atoms with Gasteiger partial charge in [0.25, 0.3) is 0 Å². The molecule has 1 amide bonds. The minimum atomic E-state index is -1.61. The lowest BCUT2D eigenvalue weighted by Crippen LogP contribution is -2.60. The predicted molar refractivity (Wildman–Crippen MR) is 236 cm³/mol. The molecule has 0 radical (unpaired) electrons. The van der Waals surface area contributed by atoms with E-state index in [4.69, 9.17) is 9.47 Å². The fourth-order valence-electron chi connectivity index (χ4n) is 7.84. The van der Waals surface area contributed by atoms with E-state index in [1.165, 1.54) is 148 Å². The number of amides is 1. The van der Waals surface area contributed by atoms with Gasteiger partial charge in [-0.1, -0.05) is 213 Å². The largest absolute Gasteiger partial charge is 0.394 e. The molecular formula is C48H93NO9. The monoisotopic (exact) mass is 828 g/mol. The van der Waals surface area contributed by atoms with Crippen molar-refractivity contribution in [1.29, 1.82) is 0 Å². The van der Waals surface area contributed by atoms with E-state index in [0.717, 1.165) is 50.9 Å². The summed E-state index contributed by atoms with van der Waals surface area (Å²) >= 11 is 0. The maximum absolute atomic E-state index is 13.1. The number of nitrogens with one attached hydrogen (secondary N) is 1. The van der Waals surface area contributed by atoms with Gasteiger partial charge in [0.2, 0.25) is 5.91 Å². The van der Waals surface area contributed by atoms with Crippen LogP contribution in [0.4, 0.5) is 0 Å². The smallest absolute Gasteiger partial charge is 0.249 e. The summed E-state index contributed by atoms with van der Waals surface area (Å²) in [5.41, 5.74) is 0. The van der Waals surface area contributed by atoms with Crippen molar-refractivity contribution in [2.75, 3.05) is 13.2 Å². The van der Waals surface area contributed by atoms with E-state index < -0.39 is 61.5 Å². The van der Waals surface area contributed by atoms with Crippen LogP contribution in [0.25, 0.3) is 0 Å². The molecule has 10 heteroatoms. The van der Waals surface area contributed by atoms with Gasteiger partial charge in [-0.05, 0) is 25.2 Å². The van der Waals surface area contributed by atoms with Gasteiger partial charge < -0.3 is 45.4 Å². The summed E-state index contributed by atoms with van der Waals surface area (Å²) in [6, 6.07) is -0.976. The van der Waals surface area contributed by atoms with Crippen molar-refractivity contribution in [3.05, 3.63) is 12.2 Å². The highest BCUT2D eigenvalue weighted by atomic mass is 16.7. The Morgan fingerprint density at radius 3 is 1.55 bits per heavy atom. The van der Waals surface area contributed by atoms with Crippen LogP contribution in [0.1, 0.15) is 220 Å². The first-order chi connectivity index (χ1) is 28.2. The molecule has 1 aliphatic heterocycles. The summed E-state index contributed by atoms with van der Waals surface area (Å²) in [5.74, 6) is 0.203. The second-order valence-electron chi connectivity index (χ2n) is 17.7. The van der Waals surface area contributed by atoms with Crippen molar-refractivity contribution in [2.45, 2.75) is 269 Å². The van der Waals surface area contributed by atoms with Crippen molar-refractivity contribution in [2.24, 2.45) is 5.92 Å². The van der Waals surface area contributed by atoms with E-state index in [0.29, 0.717) is 6.42 Å². The Bertz CT molecular complexity index is 952. The van der Waals surface area contributed by atoms with E-state index in [1.54, 1.807) is 6.08 Å². The van der Waals surface area contributed by atoms with Gasteiger partial charge in [0, 0.05) is 0 Å². The molecule has 1 fully saturated rings. The third kappa shape index (κ3) is 27.7. The van der Waals surface area contributed by atoms with E-state index in [-0.39, 0.29) is 6.61 Å². The molecule has 1 aliphatic rings. The molecule has 1 rings (SSSR count). The van der Waals surface area contributed by atoms with Gasteiger partial charge in [-0.3, -0.25) is 4.79 Å². The number of ether oxygens (including phenoxy) is 2. The third-order valence-electron chi connectivity index (χ3n) is 12.3. The molecule has 0 aromatic carbocycles. The Morgan fingerprint density at radius 2 is 1.09 bits per heavy atom. The minimum Gasteiger partial charge on any atom is -0.394 e. The summed E-state index contributed by atoms with van der Waals surface area (Å²) in [5, 5.41) is 64.7. The predicted octanol–water partition coefficient (Wildman–Crippen LogP) is 9.33. The Morgan fingerprint density at radius 1 is 0.638 bits per heavy atom. The van der Waals surface area contributed by atoms with Gasteiger partial charge in [0.1, 0.15) is 30.5 Å². The molecule has 9 atom stereocenters. The van der Waals surface area contributed by atoms with Crippen LogP contribution in [0.3, 0.4) is 0 Å². The molecule has 0 aliphatic carbocycles. The van der Waals surface area contributed by atoms with Crippen LogP contribution in [0, 0.1) is 5.92 Å². The molecular weight excluding hydrogens is 735 g/mol. The molecule has 58 heavy (non-hydrogen) atoms. The van der Waals surface area contributed by atoms with Crippen molar-refractivity contribution in [1.82, 2.24) is 5.32 Å². The quantitative estimate of drug-likeness (QED) is 0.0235. The number of rotatable bonds is 40. The average molecular weight is 828 g/mol. The van der Waals surface area contributed by atoms with Crippen LogP contribution in [0.2, 0.25) is 0 Å². The van der Waals surface area contributed by atoms with Crippen LogP contribution in [0.5, 0.6) is 0 Å². The van der Waals surface area contributed by atoms with Crippen LogP contribution in [0.15, 0.2) is 12.2 Å². The summed E-state index contributed by atoms with van der Waals surface area (Å²) in [6.07, 6.45) is 31.6. The van der Waals surface area contributed by atoms with Crippen LogP contribution >= 0.6 is 0 Å². The Labute approximate surface area is 355 Å². The molecule has 0 saturated carbocycles. The van der Waals surface area contributed by atoms with Crippen molar-refractivity contribution in [3.63, 3.8) is 0 Å². The second-order valence-corrected chi connectivity index (χ2v) is 17.7. The number of aliphatic hydroxyl groups is 6. The Kier molecular flexibility index (Phi) is 35.6. The van der Waals surface area contributed by atoms with E-state index >= 15 is 0 Å². The molecule has 0 aromatic heterocycles. The topological polar surface area (TPSA) is 169 Å². The minimum absolute atomic E-state index is 0.303. The number of carbonyl (C=O) groups is 1. The van der Waals surface area contributed by atoms with Gasteiger partial charge in [-0.25, -0.2) is 0 Å². The summed E-state index contributed by atoms with van der Waals surface area (Å²) in [4.78, 5) is 13.1. The van der Waals surface area contributed by atoms with Gasteiger partial charge >= 0.3 is 0 Å². The average Bonchev–Trinajstić information content (AvgIpc) is 3.22. The fraction of sp³-hybridized carbons (Fsp3) is 0.938. The van der Waals surface area contributed by atoms with Crippen molar-refractivity contribution in [3.8, 4) is 0 Å². The van der Waals surface area contributed by atoms with Gasteiger partial charge in [0.15, 0.2) is 6.29 Å². The highest BCUT2D eigenvalue weighted by Crippen LogP contribution is 2.23. The summed E-state index contributed by atoms with van der Waals surface area (Å²) in [7, 11) is 0. The molecule has 0 spiro atoms. The molecule has 0 bridgehead atoms. The Balaban J connectivity index is 2.35. The first-order valence-electron chi connectivity index (χ1n) is 24.4. The van der Waals surface area contributed by atoms with Crippen molar-refractivity contribution >= 4 is 5.91 Å². The molecule has 1 heterocycles. The maximum atomic E-state index is 13.1. The van der Waals surface area contributed by atoms with E-state index in [1.807, 2.05) is 6.08 Å². The number of hydrogen-bond donors (Lipinski definition) is 7. The fourth-order valence-corrected chi connectivity index (χ4v) is 7.84. The zero-order valence-electron chi connectivity index (χ0n) is 37.6. The van der Waals surface area contributed by atoms with Gasteiger partial charge in [-0.2, -0.15) is 0 Å². The van der Waals surface area contributed by atoms with Gasteiger partial charge in [-0.15, -0.1) is 0 Å². The molecule has 10 nitrogen and oxygen atoms in total. The number of carbonyl (C=O) groups excluding carboxylic acids is 1. The molecule has 0 aromatic rings. The zero-order chi connectivity index (χ0) is 42.6. The first kappa shape index (κ1) is 54.9. The van der Waals surface area contributed by atoms with E-state index in [2.05, 4.69) is 26.1 Å². The van der Waals surface area contributed by atoms with E-state index in [9.17, 15) is 35.4 Å². The van der Waals surface area contributed by atoms with Crippen LogP contribution in [-0.2, 0) is 14.3 Å². The number of allylic oxidation sites excluding steroid dienone is 1. The lowest BCUT2D eigenvalue weighted by Gasteiger charge is -2.40. The molecule has 1 saturated heterocycles. The maximum Gasteiger partial charge on any atom is 0.249 e. The SMILES string of the molecule is CCCCCCCCCCCCCCCCCCCCCC[C@@H](O)C(=O)N[C@@H](CO[C@@H]1O[C@H](CO)[C@@H](O)[C@H](O)[C@H]1O)[C@H](O)/C=C/CCCCCCCCCC(C)CC. The standard InChI is InChI=1S/C48H93NO9/c1-4-6-7-8-9-10-11-12-13-14-15-16-17-18-19-20-23-27-30-33-36-42(52)47(56)49-40(38-57-48-46(55)45(54)44(53)43(37-50)58-48)41(51)35-32-29-26-24-21-22-25-28-31-34-39(3)5-2/h32,35,39-46,48,50-55H,4-31,33-34,36-38H2,1-3H3,(H,49,56)/b35-32+/t39?,40-,41+,42+,43+,44+,45-,46+,48+/m0/s1. The highest BCUT2D eigenvalue weighted by Gasteiger charge is 2.44. The van der Waals surface area contributed by atoms with Crippen LogP contribution < -0.4 is 5.32 Å². The van der Waals surface area contributed by atoms with Crippen LogP contribution in [-0.4, -0.2) is 98.7 Å². The van der Waals surface area contributed by atoms with Crippen molar-refractivity contribution < 1.29 is 44.9 Å².